The fraction of sp³-hybridized carbons (Fsp3) is 0.364. The van der Waals surface area contributed by atoms with Crippen LogP contribution in [0, 0.1) is 5.82 Å². The van der Waals surface area contributed by atoms with E-state index in [9.17, 15) is 14.0 Å². The summed E-state index contributed by atoms with van der Waals surface area (Å²) in [6, 6.07) is 15.5. The second-order valence-corrected chi connectivity index (χ2v) is 7.52. The Morgan fingerprint density at radius 1 is 0.857 bits per heavy atom. The molecule has 0 spiro atoms. The summed E-state index contributed by atoms with van der Waals surface area (Å²) in [5.74, 6) is -0.156. The third kappa shape index (κ3) is 3.46. The van der Waals surface area contributed by atoms with Gasteiger partial charge in [0.1, 0.15) is 5.82 Å². The van der Waals surface area contributed by atoms with Crippen molar-refractivity contribution in [2.45, 2.75) is 24.7 Å². The molecule has 1 N–H and O–H groups in total. The molecule has 2 fully saturated rings. The van der Waals surface area contributed by atoms with Crippen LogP contribution in [-0.4, -0.2) is 47.9 Å². The summed E-state index contributed by atoms with van der Waals surface area (Å²) in [7, 11) is 0. The van der Waals surface area contributed by atoms with E-state index in [1.807, 2.05) is 35.2 Å². The van der Waals surface area contributed by atoms with Crippen LogP contribution in [0.25, 0.3) is 0 Å². The summed E-state index contributed by atoms with van der Waals surface area (Å²) < 4.78 is 13.0. The Bertz CT molecular complexity index is 842. The van der Waals surface area contributed by atoms with Crippen molar-refractivity contribution in [3.8, 4) is 0 Å². The molecule has 0 atom stereocenters. The minimum Gasteiger partial charge on any atom is -0.338 e. The second-order valence-electron chi connectivity index (χ2n) is 7.52. The molecule has 4 rings (SSSR count). The number of carbonyl (C=O) groups excluding carboxylic acids is 2. The molecule has 6 heteroatoms. The highest BCUT2D eigenvalue weighted by Gasteiger charge is 2.48. The zero-order chi connectivity index (χ0) is 19.6. The number of halogens is 1. The van der Waals surface area contributed by atoms with Crippen LogP contribution in [0.15, 0.2) is 54.6 Å². The number of nitrogens with one attached hydrogen (secondary N) is 1. The third-order valence-corrected chi connectivity index (χ3v) is 5.89. The lowest BCUT2D eigenvalue weighted by atomic mass is 9.63. The van der Waals surface area contributed by atoms with E-state index in [2.05, 4.69) is 5.32 Å². The molecule has 2 aromatic carbocycles. The Morgan fingerprint density at radius 2 is 1.46 bits per heavy atom. The predicted octanol–water partition coefficient (Wildman–Crippen LogP) is 3.62. The first-order chi connectivity index (χ1) is 13.6. The van der Waals surface area contributed by atoms with E-state index in [0.29, 0.717) is 31.9 Å². The number of hydrogen-bond donors (Lipinski definition) is 1. The number of hydrogen-bond acceptors (Lipinski definition) is 2. The molecule has 3 amide bonds. The maximum Gasteiger partial charge on any atom is 0.321 e. The average Bonchev–Trinajstić information content (AvgIpc) is 2.70. The van der Waals surface area contributed by atoms with Gasteiger partial charge in [-0.3, -0.25) is 4.79 Å². The first kappa shape index (κ1) is 18.5. The standard InChI is InChI=1S/C22H24FN3O2/c23-18-7-9-19(10-8-18)24-21(28)26-15-13-25(14-16-26)20(27)22(11-4-12-22)17-5-2-1-3-6-17/h1-3,5-10H,4,11-16H2,(H,24,28). The molecular formula is C22H24FN3O2. The molecule has 0 bridgehead atoms. The van der Waals surface area contributed by atoms with Gasteiger partial charge in [-0.15, -0.1) is 0 Å². The highest BCUT2D eigenvalue weighted by Crippen LogP contribution is 2.45. The normalized spacial score (nSPS) is 18.3. The molecule has 1 saturated carbocycles. The van der Waals surface area contributed by atoms with Crippen LogP contribution < -0.4 is 5.32 Å². The van der Waals surface area contributed by atoms with Crippen molar-refractivity contribution < 1.29 is 14.0 Å². The highest BCUT2D eigenvalue weighted by atomic mass is 19.1. The van der Waals surface area contributed by atoms with Crippen molar-refractivity contribution in [3.63, 3.8) is 0 Å². The van der Waals surface area contributed by atoms with E-state index in [0.717, 1.165) is 24.8 Å². The molecule has 1 saturated heterocycles. The van der Waals surface area contributed by atoms with E-state index < -0.39 is 0 Å². The van der Waals surface area contributed by atoms with Gasteiger partial charge in [0.2, 0.25) is 5.91 Å². The van der Waals surface area contributed by atoms with Crippen LogP contribution in [0.1, 0.15) is 24.8 Å². The van der Waals surface area contributed by atoms with Gasteiger partial charge in [-0.1, -0.05) is 36.8 Å². The molecular weight excluding hydrogens is 357 g/mol. The molecule has 2 aliphatic rings. The molecule has 1 heterocycles. The first-order valence-corrected chi connectivity index (χ1v) is 9.75. The van der Waals surface area contributed by atoms with Gasteiger partial charge in [-0.05, 0) is 42.7 Å². The van der Waals surface area contributed by atoms with Gasteiger partial charge in [-0.2, -0.15) is 0 Å². The fourth-order valence-corrected chi connectivity index (χ4v) is 4.06. The topological polar surface area (TPSA) is 52.7 Å². The van der Waals surface area contributed by atoms with E-state index in [-0.39, 0.29) is 23.2 Å². The van der Waals surface area contributed by atoms with Crippen LogP contribution in [0.4, 0.5) is 14.9 Å². The fourth-order valence-electron chi connectivity index (χ4n) is 4.06. The van der Waals surface area contributed by atoms with Gasteiger partial charge in [0.25, 0.3) is 0 Å². The Kier molecular flexibility index (Phi) is 5.03. The Labute approximate surface area is 164 Å². The Morgan fingerprint density at radius 3 is 2.04 bits per heavy atom. The van der Waals surface area contributed by atoms with Crippen molar-refractivity contribution in [1.82, 2.24) is 9.80 Å². The number of rotatable bonds is 3. The number of carbonyl (C=O) groups is 2. The molecule has 146 valence electrons. The van der Waals surface area contributed by atoms with Gasteiger partial charge in [0.05, 0.1) is 5.41 Å². The summed E-state index contributed by atoms with van der Waals surface area (Å²) in [4.78, 5) is 29.3. The van der Waals surface area contributed by atoms with E-state index in [4.69, 9.17) is 0 Å². The van der Waals surface area contributed by atoms with Gasteiger partial charge in [0, 0.05) is 31.9 Å². The number of anilines is 1. The maximum absolute atomic E-state index is 13.3. The van der Waals surface area contributed by atoms with Crippen LogP contribution in [0.5, 0.6) is 0 Å². The number of amides is 3. The molecule has 2 aromatic rings. The summed E-state index contributed by atoms with van der Waals surface area (Å²) >= 11 is 0. The zero-order valence-corrected chi connectivity index (χ0v) is 15.7. The van der Waals surface area contributed by atoms with Crippen LogP contribution in [-0.2, 0) is 10.2 Å². The van der Waals surface area contributed by atoms with E-state index >= 15 is 0 Å². The van der Waals surface area contributed by atoms with Gasteiger partial charge < -0.3 is 15.1 Å². The Hall–Kier alpha value is -2.89. The molecule has 0 radical (unpaired) electrons. The second kappa shape index (κ2) is 7.62. The quantitative estimate of drug-likeness (QED) is 0.883. The Balaban J connectivity index is 1.36. The highest BCUT2D eigenvalue weighted by molar-refractivity contribution is 5.91. The largest absolute Gasteiger partial charge is 0.338 e. The zero-order valence-electron chi connectivity index (χ0n) is 15.7. The third-order valence-electron chi connectivity index (χ3n) is 5.89. The summed E-state index contributed by atoms with van der Waals surface area (Å²) in [5.41, 5.74) is 1.27. The minimum absolute atomic E-state index is 0.184. The summed E-state index contributed by atoms with van der Waals surface area (Å²) in [6.45, 7) is 2.04. The van der Waals surface area contributed by atoms with E-state index in [1.54, 1.807) is 4.90 Å². The van der Waals surface area contributed by atoms with Crippen molar-refractivity contribution in [1.29, 1.82) is 0 Å². The van der Waals surface area contributed by atoms with E-state index in [1.165, 1.54) is 24.3 Å². The summed E-state index contributed by atoms with van der Waals surface area (Å²) in [6.07, 6.45) is 2.85. The summed E-state index contributed by atoms with van der Waals surface area (Å²) in [5, 5.41) is 2.78. The van der Waals surface area contributed by atoms with Crippen LogP contribution in [0.2, 0.25) is 0 Å². The average molecular weight is 381 g/mol. The molecule has 28 heavy (non-hydrogen) atoms. The number of benzene rings is 2. The smallest absolute Gasteiger partial charge is 0.321 e. The van der Waals surface area contributed by atoms with Crippen molar-refractivity contribution in [2.24, 2.45) is 0 Å². The van der Waals surface area contributed by atoms with Crippen molar-refractivity contribution in [2.75, 3.05) is 31.5 Å². The molecule has 0 unspecified atom stereocenters. The molecule has 1 aliphatic carbocycles. The lowest BCUT2D eigenvalue weighted by molar-refractivity contribution is -0.142. The lowest BCUT2D eigenvalue weighted by Gasteiger charge is -2.46. The van der Waals surface area contributed by atoms with Crippen molar-refractivity contribution >= 4 is 17.6 Å². The lowest BCUT2D eigenvalue weighted by Crippen LogP contribution is -2.57. The van der Waals surface area contributed by atoms with Gasteiger partial charge >= 0.3 is 6.03 Å². The first-order valence-electron chi connectivity index (χ1n) is 9.75. The monoisotopic (exact) mass is 381 g/mol. The number of nitrogens with zero attached hydrogens (tertiary/aromatic N) is 2. The molecule has 5 nitrogen and oxygen atoms in total. The molecule has 1 aliphatic heterocycles. The van der Waals surface area contributed by atoms with Crippen LogP contribution >= 0.6 is 0 Å². The van der Waals surface area contributed by atoms with Gasteiger partial charge in [-0.25, -0.2) is 9.18 Å². The number of piperazine rings is 1. The van der Waals surface area contributed by atoms with Gasteiger partial charge in [0.15, 0.2) is 0 Å². The SMILES string of the molecule is O=C(Nc1ccc(F)cc1)N1CCN(C(=O)C2(c3ccccc3)CCC2)CC1. The maximum atomic E-state index is 13.3. The predicted molar refractivity (Wildman–Crippen MR) is 106 cm³/mol. The van der Waals surface area contributed by atoms with Crippen molar-refractivity contribution in [3.05, 3.63) is 66.0 Å². The van der Waals surface area contributed by atoms with Crippen LogP contribution in [0.3, 0.4) is 0 Å². The molecule has 0 aromatic heterocycles. The minimum atomic E-state index is -0.389. The number of urea groups is 1.